The molecule has 1 fully saturated rings. The van der Waals surface area contributed by atoms with E-state index >= 15 is 0 Å². The molecule has 3 amide bonds. The van der Waals surface area contributed by atoms with Crippen LogP contribution < -0.4 is 5.32 Å². The number of amides is 3. The third-order valence-corrected chi connectivity index (χ3v) is 5.30. The Morgan fingerprint density at radius 3 is 2.32 bits per heavy atom. The third kappa shape index (κ3) is 4.07. The largest absolute Gasteiger partial charge is 0.322 e. The van der Waals surface area contributed by atoms with Crippen LogP contribution in [0.25, 0.3) is 0 Å². The molecular weight excluding hydrogens is 431 g/mol. The summed E-state index contributed by atoms with van der Waals surface area (Å²) < 4.78 is 1.09. The van der Waals surface area contributed by atoms with Gasteiger partial charge in [-0.1, -0.05) is 18.2 Å². The molecule has 1 aliphatic rings. The standard InChI is InChI=1S/C19H17IN2O3/c1-12-2-7-15(10-16(12)20)21-19(25)14-5-3-13(4-6-14)11-22-17(23)8-9-18(22)24/h2-7,10H,8-9,11H2,1H3,(H,21,25). The van der Waals surface area contributed by atoms with Crippen LogP contribution in [-0.2, 0) is 16.1 Å². The first-order valence-corrected chi connectivity index (χ1v) is 9.01. The van der Waals surface area contributed by atoms with Gasteiger partial charge in [0.25, 0.3) is 5.91 Å². The molecule has 5 nitrogen and oxygen atoms in total. The van der Waals surface area contributed by atoms with E-state index in [0.717, 1.165) is 20.4 Å². The Bertz CT molecular complexity index is 830. The molecule has 25 heavy (non-hydrogen) atoms. The van der Waals surface area contributed by atoms with Gasteiger partial charge >= 0.3 is 0 Å². The van der Waals surface area contributed by atoms with E-state index in [9.17, 15) is 14.4 Å². The van der Waals surface area contributed by atoms with E-state index in [1.807, 2.05) is 25.1 Å². The second-order valence-corrected chi connectivity index (χ2v) is 7.15. The summed E-state index contributed by atoms with van der Waals surface area (Å²) in [7, 11) is 0. The highest BCUT2D eigenvalue weighted by Crippen LogP contribution is 2.19. The normalized spacial score (nSPS) is 14.1. The number of benzene rings is 2. The Balaban J connectivity index is 1.67. The highest BCUT2D eigenvalue weighted by atomic mass is 127. The minimum atomic E-state index is -0.195. The van der Waals surface area contributed by atoms with Gasteiger partial charge in [0.1, 0.15) is 0 Å². The molecule has 1 N–H and O–H groups in total. The lowest BCUT2D eigenvalue weighted by atomic mass is 10.1. The number of hydrogen-bond acceptors (Lipinski definition) is 3. The molecule has 0 unspecified atom stereocenters. The maximum atomic E-state index is 12.3. The highest BCUT2D eigenvalue weighted by Gasteiger charge is 2.28. The monoisotopic (exact) mass is 448 g/mol. The second-order valence-electron chi connectivity index (χ2n) is 5.99. The van der Waals surface area contributed by atoms with Crippen LogP contribution in [-0.4, -0.2) is 22.6 Å². The first-order valence-electron chi connectivity index (χ1n) is 7.93. The number of halogens is 1. The molecule has 6 heteroatoms. The molecule has 0 bridgehead atoms. The molecular formula is C19H17IN2O3. The summed E-state index contributed by atoms with van der Waals surface area (Å²) in [6.07, 6.45) is 0.573. The lowest BCUT2D eigenvalue weighted by Crippen LogP contribution is -2.28. The summed E-state index contributed by atoms with van der Waals surface area (Å²) in [6, 6.07) is 12.7. The van der Waals surface area contributed by atoms with Gasteiger partial charge in [-0.25, -0.2) is 0 Å². The zero-order valence-electron chi connectivity index (χ0n) is 13.7. The van der Waals surface area contributed by atoms with E-state index in [4.69, 9.17) is 0 Å². The van der Waals surface area contributed by atoms with Gasteiger partial charge in [-0.05, 0) is 64.9 Å². The molecule has 2 aromatic rings. The number of carbonyl (C=O) groups excluding carboxylic acids is 3. The summed E-state index contributed by atoms with van der Waals surface area (Å²) in [6.45, 7) is 2.28. The Morgan fingerprint density at radius 2 is 1.72 bits per heavy atom. The van der Waals surface area contributed by atoms with Crippen molar-refractivity contribution in [3.05, 3.63) is 62.7 Å². The Hall–Kier alpha value is -2.22. The van der Waals surface area contributed by atoms with Crippen molar-refractivity contribution in [3.8, 4) is 0 Å². The molecule has 0 spiro atoms. The van der Waals surface area contributed by atoms with E-state index in [1.165, 1.54) is 4.90 Å². The molecule has 2 aromatic carbocycles. The van der Waals surface area contributed by atoms with Crippen LogP contribution in [0, 0.1) is 10.5 Å². The van der Waals surface area contributed by atoms with Crippen molar-refractivity contribution in [2.45, 2.75) is 26.3 Å². The topological polar surface area (TPSA) is 66.5 Å². The predicted molar refractivity (Wildman–Crippen MR) is 103 cm³/mol. The fourth-order valence-corrected chi connectivity index (χ4v) is 3.13. The molecule has 0 atom stereocenters. The third-order valence-electron chi connectivity index (χ3n) is 4.14. The van der Waals surface area contributed by atoms with Gasteiger partial charge in [0.05, 0.1) is 6.54 Å². The van der Waals surface area contributed by atoms with Gasteiger partial charge in [0, 0.05) is 27.7 Å². The summed E-state index contributed by atoms with van der Waals surface area (Å²) in [4.78, 5) is 36.9. The van der Waals surface area contributed by atoms with Gasteiger partial charge in [-0.15, -0.1) is 0 Å². The van der Waals surface area contributed by atoms with Crippen molar-refractivity contribution in [1.82, 2.24) is 4.90 Å². The lowest BCUT2D eigenvalue weighted by Gasteiger charge is -2.14. The van der Waals surface area contributed by atoms with E-state index in [1.54, 1.807) is 24.3 Å². The first kappa shape index (κ1) is 17.6. The van der Waals surface area contributed by atoms with Crippen LogP contribution >= 0.6 is 22.6 Å². The zero-order valence-corrected chi connectivity index (χ0v) is 15.9. The van der Waals surface area contributed by atoms with Crippen LogP contribution in [0.4, 0.5) is 5.69 Å². The molecule has 1 aliphatic heterocycles. The van der Waals surface area contributed by atoms with E-state index in [2.05, 4.69) is 27.9 Å². The van der Waals surface area contributed by atoms with Gasteiger partial charge < -0.3 is 5.32 Å². The molecule has 0 aromatic heterocycles. The maximum absolute atomic E-state index is 12.3. The van der Waals surface area contributed by atoms with Gasteiger partial charge in [0.15, 0.2) is 0 Å². The number of hydrogen-bond donors (Lipinski definition) is 1. The molecule has 128 valence electrons. The van der Waals surface area contributed by atoms with Gasteiger partial charge in [-0.2, -0.15) is 0 Å². The number of nitrogens with zero attached hydrogens (tertiary/aromatic N) is 1. The molecule has 0 radical (unpaired) electrons. The molecule has 1 saturated heterocycles. The number of aryl methyl sites for hydroxylation is 1. The van der Waals surface area contributed by atoms with E-state index < -0.39 is 0 Å². The molecule has 3 rings (SSSR count). The van der Waals surface area contributed by atoms with Crippen LogP contribution in [0.1, 0.15) is 34.3 Å². The van der Waals surface area contributed by atoms with Crippen molar-refractivity contribution in [2.24, 2.45) is 0 Å². The average molecular weight is 448 g/mol. The minimum absolute atomic E-state index is 0.138. The number of imide groups is 1. The highest BCUT2D eigenvalue weighted by molar-refractivity contribution is 14.1. The number of carbonyl (C=O) groups is 3. The average Bonchev–Trinajstić information content (AvgIpc) is 2.91. The number of nitrogens with one attached hydrogen (secondary N) is 1. The first-order chi connectivity index (χ1) is 11.9. The summed E-state index contributed by atoms with van der Waals surface area (Å²) in [5, 5.41) is 2.87. The van der Waals surface area contributed by atoms with Crippen LogP contribution in [0.2, 0.25) is 0 Å². The van der Waals surface area contributed by atoms with Crippen molar-refractivity contribution in [2.75, 3.05) is 5.32 Å². The number of anilines is 1. The van der Waals surface area contributed by atoms with Crippen LogP contribution in [0.3, 0.4) is 0 Å². The zero-order chi connectivity index (χ0) is 18.0. The molecule has 0 saturated carbocycles. The Labute approximate surface area is 159 Å². The summed E-state index contributed by atoms with van der Waals surface area (Å²) in [5.74, 6) is -0.471. The summed E-state index contributed by atoms with van der Waals surface area (Å²) in [5.41, 5.74) is 3.26. The van der Waals surface area contributed by atoms with Crippen LogP contribution in [0.15, 0.2) is 42.5 Å². The minimum Gasteiger partial charge on any atom is -0.322 e. The number of likely N-dealkylation sites (tertiary alicyclic amines) is 1. The fourth-order valence-electron chi connectivity index (χ4n) is 2.62. The second kappa shape index (κ2) is 7.35. The quantitative estimate of drug-likeness (QED) is 0.576. The molecule has 1 heterocycles. The smallest absolute Gasteiger partial charge is 0.255 e. The van der Waals surface area contributed by atoms with E-state index in [0.29, 0.717) is 5.56 Å². The SMILES string of the molecule is Cc1ccc(NC(=O)c2ccc(CN3C(=O)CCC3=O)cc2)cc1I. The Kier molecular flexibility index (Phi) is 5.17. The van der Waals surface area contributed by atoms with Crippen molar-refractivity contribution < 1.29 is 14.4 Å². The Morgan fingerprint density at radius 1 is 1.08 bits per heavy atom. The lowest BCUT2D eigenvalue weighted by molar-refractivity contribution is -0.139. The summed E-state index contributed by atoms with van der Waals surface area (Å²) >= 11 is 2.23. The number of rotatable bonds is 4. The van der Waals surface area contributed by atoms with E-state index in [-0.39, 0.29) is 37.1 Å². The van der Waals surface area contributed by atoms with Crippen molar-refractivity contribution in [3.63, 3.8) is 0 Å². The predicted octanol–water partition coefficient (Wildman–Crippen LogP) is 3.50. The van der Waals surface area contributed by atoms with Crippen LogP contribution in [0.5, 0.6) is 0 Å². The van der Waals surface area contributed by atoms with Gasteiger partial charge in [0.2, 0.25) is 11.8 Å². The maximum Gasteiger partial charge on any atom is 0.255 e. The fraction of sp³-hybridized carbons (Fsp3) is 0.211. The molecule has 0 aliphatic carbocycles. The van der Waals surface area contributed by atoms with Gasteiger partial charge in [-0.3, -0.25) is 19.3 Å². The van der Waals surface area contributed by atoms with Crippen molar-refractivity contribution in [1.29, 1.82) is 0 Å². The van der Waals surface area contributed by atoms with Crippen molar-refractivity contribution >= 4 is 46.0 Å².